The van der Waals surface area contributed by atoms with Crippen molar-refractivity contribution in [2.24, 2.45) is 5.92 Å². The predicted octanol–water partition coefficient (Wildman–Crippen LogP) is 3.54. The minimum atomic E-state index is 0.703. The lowest BCUT2D eigenvalue weighted by Crippen LogP contribution is -2.26. The van der Waals surface area contributed by atoms with E-state index in [0.717, 1.165) is 5.92 Å². The van der Waals surface area contributed by atoms with Gasteiger partial charge < -0.3 is 5.32 Å². The Morgan fingerprint density at radius 1 is 1.21 bits per heavy atom. The lowest BCUT2D eigenvalue weighted by atomic mass is 10.2. The van der Waals surface area contributed by atoms with Crippen molar-refractivity contribution in [1.82, 2.24) is 5.32 Å². The fraction of sp³-hybridized carbons (Fsp3) is 1.00. The van der Waals surface area contributed by atoms with Crippen LogP contribution in [0.2, 0.25) is 0 Å². The molecule has 0 rings (SSSR count). The van der Waals surface area contributed by atoms with Crippen molar-refractivity contribution in [3.05, 3.63) is 0 Å². The second-order valence-electron chi connectivity index (χ2n) is 4.47. The summed E-state index contributed by atoms with van der Waals surface area (Å²) < 4.78 is 0. The van der Waals surface area contributed by atoms with Crippen LogP contribution in [0.15, 0.2) is 0 Å². The number of rotatable bonds is 9. The molecule has 0 aliphatic carbocycles. The Bertz CT molecular complexity index is 115. The van der Waals surface area contributed by atoms with E-state index in [1.54, 1.807) is 0 Å². The van der Waals surface area contributed by atoms with E-state index in [-0.39, 0.29) is 0 Å². The Kier molecular flexibility index (Phi) is 10.1. The summed E-state index contributed by atoms with van der Waals surface area (Å²) in [6, 6.07) is 0.703. The normalized spacial score (nSPS) is 13.5. The zero-order valence-electron chi connectivity index (χ0n) is 10.3. The van der Waals surface area contributed by atoms with Gasteiger partial charge in [0, 0.05) is 6.04 Å². The van der Waals surface area contributed by atoms with E-state index < -0.39 is 0 Å². The molecule has 0 aliphatic rings. The molecule has 1 unspecified atom stereocenters. The first-order valence-electron chi connectivity index (χ1n) is 5.98. The molecule has 0 aromatic heterocycles. The molecule has 1 nitrogen and oxygen atoms in total. The first kappa shape index (κ1) is 14.3. The Morgan fingerprint density at radius 2 is 1.93 bits per heavy atom. The van der Waals surface area contributed by atoms with E-state index in [2.05, 4.69) is 44.8 Å². The third-order valence-corrected chi connectivity index (χ3v) is 3.60. The highest BCUT2D eigenvalue weighted by Crippen LogP contribution is 2.10. The van der Waals surface area contributed by atoms with Gasteiger partial charge in [0.1, 0.15) is 0 Å². The minimum Gasteiger partial charge on any atom is -0.314 e. The van der Waals surface area contributed by atoms with Crippen LogP contribution in [-0.4, -0.2) is 24.1 Å². The topological polar surface area (TPSA) is 12.0 Å². The highest BCUT2D eigenvalue weighted by molar-refractivity contribution is 7.99. The van der Waals surface area contributed by atoms with Crippen LogP contribution < -0.4 is 5.32 Å². The van der Waals surface area contributed by atoms with E-state index in [1.807, 2.05) is 0 Å². The van der Waals surface area contributed by atoms with Gasteiger partial charge in [0.15, 0.2) is 0 Å². The molecule has 1 atom stereocenters. The summed E-state index contributed by atoms with van der Waals surface area (Å²) in [6.45, 7) is 10.3. The maximum atomic E-state index is 3.52. The molecule has 0 fully saturated rings. The molecule has 0 spiro atoms. The van der Waals surface area contributed by atoms with Crippen LogP contribution >= 0.6 is 11.8 Å². The number of hydrogen-bond acceptors (Lipinski definition) is 2. The van der Waals surface area contributed by atoms with Crippen molar-refractivity contribution >= 4 is 11.8 Å². The largest absolute Gasteiger partial charge is 0.314 e. The maximum Gasteiger partial charge on any atom is 0.00390 e. The van der Waals surface area contributed by atoms with Crippen LogP contribution in [0.3, 0.4) is 0 Å². The summed E-state index contributed by atoms with van der Waals surface area (Å²) >= 11 is 2.10. The van der Waals surface area contributed by atoms with Gasteiger partial charge in [-0.05, 0) is 50.2 Å². The number of hydrogen-bond donors (Lipinski definition) is 1. The fourth-order valence-corrected chi connectivity index (χ4v) is 2.31. The molecule has 0 heterocycles. The van der Waals surface area contributed by atoms with E-state index in [9.17, 15) is 0 Å². The van der Waals surface area contributed by atoms with Crippen molar-refractivity contribution in [2.75, 3.05) is 18.1 Å². The second-order valence-corrected chi connectivity index (χ2v) is 5.62. The summed E-state index contributed by atoms with van der Waals surface area (Å²) in [5.41, 5.74) is 0. The van der Waals surface area contributed by atoms with Crippen LogP contribution in [-0.2, 0) is 0 Å². The van der Waals surface area contributed by atoms with E-state index in [4.69, 9.17) is 0 Å². The van der Waals surface area contributed by atoms with Crippen LogP contribution in [0, 0.1) is 5.92 Å². The minimum absolute atomic E-state index is 0.703. The lowest BCUT2D eigenvalue weighted by Gasteiger charge is -2.12. The molecule has 0 amide bonds. The first-order chi connectivity index (χ1) is 6.66. The molecular formula is C12H27NS. The Balaban J connectivity index is 3.10. The summed E-state index contributed by atoms with van der Waals surface area (Å²) in [6.07, 6.45) is 3.92. The van der Waals surface area contributed by atoms with Crippen LogP contribution in [0.4, 0.5) is 0 Å². The fourth-order valence-electron chi connectivity index (χ4n) is 1.30. The smallest absolute Gasteiger partial charge is 0.00390 e. The third-order valence-electron chi connectivity index (χ3n) is 2.12. The quantitative estimate of drug-likeness (QED) is 0.593. The van der Waals surface area contributed by atoms with Gasteiger partial charge in [-0.15, -0.1) is 0 Å². The third kappa shape index (κ3) is 10.4. The molecule has 0 aliphatic heterocycles. The second kappa shape index (κ2) is 9.85. The van der Waals surface area contributed by atoms with Gasteiger partial charge in [-0.25, -0.2) is 0 Å². The monoisotopic (exact) mass is 217 g/mol. The molecule has 0 saturated heterocycles. The molecule has 14 heavy (non-hydrogen) atoms. The highest BCUT2D eigenvalue weighted by atomic mass is 32.2. The van der Waals surface area contributed by atoms with Gasteiger partial charge in [-0.2, -0.15) is 11.8 Å². The molecular weight excluding hydrogens is 190 g/mol. The number of nitrogens with one attached hydrogen (secondary N) is 1. The van der Waals surface area contributed by atoms with Crippen molar-refractivity contribution in [1.29, 1.82) is 0 Å². The van der Waals surface area contributed by atoms with Gasteiger partial charge in [-0.3, -0.25) is 0 Å². The molecule has 2 heteroatoms. The van der Waals surface area contributed by atoms with E-state index in [1.165, 1.54) is 37.3 Å². The molecule has 0 bridgehead atoms. The molecule has 0 radical (unpaired) electrons. The zero-order chi connectivity index (χ0) is 10.8. The molecule has 0 saturated carbocycles. The molecule has 0 aromatic rings. The van der Waals surface area contributed by atoms with Crippen molar-refractivity contribution in [3.63, 3.8) is 0 Å². The van der Waals surface area contributed by atoms with Crippen LogP contribution in [0.5, 0.6) is 0 Å². The van der Waals surface area contributed by atoms with Crippen LogP contribution in [0.1, 0.15) is 47.0 Å². The Labute approximate surface area is 94.4 Å². The predicted molar refractivity (Wildman–Crippen MR) is 69.2 cm³/mol. The van der Waals surface area contributed by atoms with Gasteiger partial charge >= 0.3 is 0 Å². The maximum absolute atomic E-state index is 3.52. The SMILES string of the molecule is CCCNC(C)CCCSCC(C)C. The zero-order valence-corrected chi connectivity index (χ0v) is 11.1. The van der Waals surface area contributed by atoms with Gasteiger partial charge in [0.05, 0.1) is 0 Å². The molecule has 86 valence electrons. The standard InChI is InChI=1S/C12H27NS/c1-5-8-13-12(4)7-6-9-14-10-11(2)3/h11-13H,5-10H2,1-4H3. The van der Waals surface area contributed by atoms with E-state index in [0.29, 0.717) is 6.04 Å². The summed E-state index contributed by atoms with van der Waals surface area (Å²) in [4.78, 5) is 0. The highest BCUT2D eigenvalue weighted by Gasteiger charge is 2.00. The van der Waals surface area contributed by atoms with Gasteiger partial charge in [0.25, 0.3) is 0 Å². The lowest BCUT2D eigenvalue weighted by molar-refractivity contribution is 0.510. The van der Waals surface area contributed by atoms with Gasteiger partial charge in [0.2, 0.25) is 0 Å². The number of thioether (sulfide) groups is 1. The summed E-state index contributed by atoms with van der Waals surface area (Å²) in [5.74, 6) is 3.49. The Hall–Kier alpha value is 0.310. The first-order valence-corrected chi connectivity index (χ1v) is 7.13. The van der Waals surface area contributed by atoms with Crippen molar-refractivity contribution in [2.45, 2.75) is 53.0 Å². The summed E-state index contributed by atoms with van der Waals surface area (Å²) in [7, 11) is 0. The van der Waals surface area contributed by atoms with E-state index >= 15 is 0 Å². The van der Waals surface area contributed by atoms with Crippen molar-refractivity contribution < 1.29 is 0 Å². The van der Waals surface area contributed by atoms with Crippen molar-refractivity contribution in [3.8, 4) is 0 Å². The molecule has 0 aromatic carbocycles. The average Bonchev–Trinajstić information content (AvgIpc) is 2.13. The molecule has 1 N–H and O–H groups in total. The van der Waals surface area contributed by atoms with Gasteiger partial charge in [-0.1, -0.05) is 20.8 Å². The average molecular weight is 217 g/mol. The Morgan fingerprint density at radius 3 is 2.50 bits per heavy atom. The summed E-state index contributed by atoms with van der Waals surface area (Å²) in [5, 5.41) is 3.52. The van der Waals surface area contributed by atoms with Crippen LogP contribution in [0.25, 0.3) is 0 Å².